The number of benzene rings is 1. The molecule has 3 heterocycles. The Bertz CT molecular complexity index is 1720. The van der Waals surface area contributed by atoms with Gasteiger partial charge in [-0.05, 0) is 25.0 Å². The second-order valence-corrected chi connectivity index (χ2v) is 10.6. The van der Waals surface area contributed by atoms with E-state index in [1.807, 2.05) is 0 Å². The molecule has 1 aromatic carbocycles. The highest BCUT2D eigenvalue weighted by Gasteiger charge is 2.31. The van der Waals surface area contributed by atoms with E-state index in [4.69, 9.17) is 38.1 Å². The Morgan fingerprint density at radius 1 is 1.17 bits per heavy atom. The van der Waals surface area contributed by atoms with Crippen LogP contribution in [-0.2, 0) is 20.9 Å². The smallest absolute Gasteiger partial charge is 0.272 e. The third kappa shape index (κ3) is 7.63. The van der Waals surface area contributed by atoms with Crippen molar-refractivity contribution in [1.29, 1.82) is 5.26 Å². The molecule has 1 aliphatic carbocycles. The van der Waals surface area contributed by atoms with Crippen LogP contribution in [0.5, 0.6) is 5.75 Å². The second-order valence-electron chi connectivity index (χ2n) is 10.6. The largest absolute Gasteiger partial charge is 0.494 e. The van der Waals surface area contributed by atoms with Crippen LogP contribution >= 0.6 is 0 Å². The second kappa shape index (κ2) is 13.3. The average molecular weight is 618 g/mol. The molecule has 3 N–H and O–H groups in total. The van der Waals surface area contributed by atoms with Gasteiger partial charge in [-0.15, -0.1) is 10.2 Å². The number of rotatable bonds is 11. The Kier molecular flexibility index (Phi) is 9.26. The number of hydrogen-bond donors (Lipinski definition) is 3. The first-order chi connectivity index (χ1) is 22.0. The van der Waals surface area contributed by atoms with Crippen molar-refractivity contribution in [2.24, 2.45) is 5.92 Å². The lowest BCUT2D eigenvalue weighted by Gasteiger charge is -2.33. The van der Waals surface area contributed by atoms with Gasteiger partial charge in [0.25, 0.3) is 11.8 Å². The minimum Gasteiger partial charge on any atom is -0.494 e. The zero-order chi connectivity index (χ0) is 33.0. The number of methoxy groups -OCH3 is 1. The quantitative estimate of drug-likeness (QED) is 0.234. The Labute approximate surface area is 266 Å². The van der Waals surface area contributed by atoms with Gasteiger partial charge < -0.3 is 35.0 Å². The summed E-state index contributed by atoms with van der Waals surface area (Å²) in [5.74, 6) is -1.26. The van der Waals surface area contributed by atoms with Crippen molar-refractivity contribution in [3.05, 3.63) is 35.8 Å². The van der Waals surface area contributed by atoms with Crippen molar-refractivity contribution >= 4 is 64.4 Å². The van der Waals surface area contributed by atoms with E-state index in [-0.39, 0.29) is 85.0 Å². The Morgan fingerprint density at radius 3 is 2.63 bits per heavy atom. The van der Waals surface area contributed by atoms with Crippen molar-refractivity contribution in [1.82, 2.24) is 35.5 Å². The summed E-state index contributed by atoms with van der Waals surface area (Å²) >= 11 is 0. The fourth-order valence-electron chi connectivity index (χ4n) is 4.58. The zero-order valence-corrected chi connectivity index (χ0v) is 24.6. The summed E-state index contributed by atoms with van der Waals surface area (Å²) in [4.78, 5) is 57.1. The van der Waals surface area contributed by atoms with Gasteiger partial charge in [0, 0.05) is 25.1 Å². The summed E-state index contributed by atoms with van der Waals surface area (Å²) in [6, 6.07) is 8.18. The van der Waals surface area contributed by atoms with Gasteiger partial charge in [-0.25, -0.2) is 0 Å². The number of anilines is 3. The molecule has 3 aromatic rings. The summed E-state index contributed by atoms with van der Waals surface area (Å²) in [6.45, 7) is 0.397. The molecule has 0 spiro atoms. The number of carbonyl (C=O) groups excluding carboxylic acids is 4. The summed E-state index contributed by atoms with van der Waals surface area (Å²) < 4.78 is 11.2. The maximum atomic E-state index is 12.9. The topological polar surface area (TPSA) is 209 Å². The fourth-order valence-corrected chi connectivity index (χ4v) is 4.58. The molecule has 1 saturated carbocycles. The SMILES string of the molecule is [B]C([B])([B])NC(=O)c1nnc(NC(=O)C2CC2)cc1Nc1cccc(-c2nc(CN3CCN(C(=O)CC#N)CC3=O)no2)c1OC. The van der Waals surface area contributed by atoms with E-state index in [9.17, 15) is 19.2 Å². The molecule has 16 nitrogen and oxygen atoms in total. The van der Waals surface area contributed by atoms with Gasteiger partial charge in [0.1, 0.15) is 6.42 Å². The normalized spacial score (nSPS) is 14.7. The number of amides is 4. The maximum Gasteiger partial charge on any atom is 0.272 e. The van der Waals surface area contributed by atoms with E-state index in [0.717, 1.165) is 12.8 Å². The molecule has 4 amide bonds. The predicted molar refractivity (Wildman–Crippen MR) is 163 cm³/mol. The number of para-hydroxylation sites is 1. The van der Waals surface area contributed by atoms with E-state index >= 15 is 0 Å². The number of aromatic nitrogens is 4. The van der Waals surface area contributed by atoms with Crippen LogP contribution in [0.25, 0.3) is 11.5 Å². The van der Waals surface area contributed by atoms with Gasteiger partial charge in [0.15, 0.2) is 23.1 Å². The van der Waals surface area contributed by atoms with Gasteiger partial charge in [0.2, 0.25) is 17.7 Å². The molecule has 5 rings (SSSR count). The van der Waals surface area contributed by atoms with Gasteiger partial charge >= 0.3 is 0 Å². The van der Waals surface area contributed by atoms with Crippen LogP contribution in [0.1, 0.15) is 35.6 Å². The van der Waals surface area contributed by atoms with Crippen molar-refractivity contribution in [2.45, 2.75) is 31.0 Å². The Hall–Kier alpha value is -5.40. The summed E-state index contributed by atoms with van der Waals surface area (Å²) in [5, 5.41) is 26.6. The molecule has 6 radical (unpaired) electrons. The lowest BCUT2D eigenvalue weighted by atomic mass is 9.49. The molecule has 1 saturated heterocycles. The monoisotopic (exact) mass is 618 g/mol. The predicted octanol–water partition coefficient (Wildman–Crippen LogP) is -0.442. The fraction of sp³-hybridized carbons (Fsp3) is 0.370. The molecule has 228 valence electrons. The van der Waals surface area contributed by atoms with Crippen LogP contribution in [0, 0.1) is 17.2 Å². The molecule has 46 heavy (non-hydrogen) atoms. The van der Waals surface area contributed by atoms with Crippen molar-refractivity contribution in [2.75, 3.05) is 37.4 Å². The lowest BCUT2D eigenvalue weighted by Crippen LogP contribution is -2.51. The Morgan fingerprint density at radius 2 is 1.96 bits per heavy atom. The first-order valence-electron chi connectivity index (χ1n) is 14.0. The van der Waals surface area contributed by atoms with E-state index in [2.05, 4.69) is 36.3 Å². The highest BCUT2D eigenvalue weighted by molar-refractivity contribution is 6.60. The van der Waals surface area contributed by atoms with Gasteiger partial charge in [-0.2, -0.15) is 10.2 Å². The van der Waals surface area contributed by atoms with Crippen LogP contribution in [-0.4, -0.2) is 109 Å². The molecule has 0 bridgehead atoms. The minimum absolute atomic E-state index is 0.0320. The summed E-state index contributed by atoms with van der Waals surface area (Å²) in [5.41, 5.74) is 0.593. The van der Waals surface area contributed by atoms with Crippen molar-refractivity contribution in [3.63, 3.8) is 0 Å². The number of ether oxygens (including phenoxy) is 1. The molecular formula is C27H25B3N10O6. The van der Waals surface area contributed by atoms with Gasteiger partial charge in [-0.3, -0.25) is 19.2 Å². The van der Waals surface area contributed by atoms with Crippen LogP contribution in [0.4, 0.5) is 17.2 Å². The molecule has 2 aromatic heterocycles. The van der Waals surface area contributed by atoms with E-state index in [1.165, 1.54) is 23.0 Å². The number of nitrogens with one attached hydrogen (secondary N) is 3. The first kappa shape index (κ1) is 32.0. The van der Waals surface area contributed by atoms with E-state index in [0.29, 0.717) is 11.3 Å². The van der Waals surface area contributed by atoms with Crippen LogP contribution in [0.2, 0.25) is 0 Å². The van der Waals surface area contributed by atoms with Crippen LogP contribution in [0.3, 0.4) is 0 Å². The maximum absolute atomic E-state index is 12.9. The molecule has 19 heteroatoms. The van der Waals surface area contributed by atoms with E-state index < -0.39 is 17.1 Å². The minimum atomic E-state index is -2.05. The Balaban J connectivity index is 1.37. The molecule has 2 aliphatic rings. The summed E-state index contributed by atoms with van der Waals surface area (Å²) in [7, 11) is 18.1. The third-order valence-corrected chi connectivity index (χ3v) is 6.96. The molecule has 1 aliphatic heterocycles. The standard InChI is InChI=1S/C27H25B3N10O6/c1-45-23-15(26-34-19(38-46-26)12-39-9-10-40(13-21(39)42)20(41)7-8-31)3-2-4-16(23)32-17-11-18(33-24(43)14-5-6-14)36-37-22(17)25(44)35-27(28,29)30/h2-4,11,14H,5-7,9-10,12-13H2,1H3,(H,35,44)(H2,32,33,36,43). The van der Waals surface area contributed by atoms with Crippen molar-refractivity contribution in [3.8, 4) is 23.3 Å². The van der Waals surface area contributed by atoms with Gasteiger partial charge in [0.05, 0.1) is 66.7 Å². The van der Waals surface area contributed by atoms with Crippen LogP contribution < -0.4 is 20.7 Å². The molecular weight excluding hydrogens is 593 g/mol. The number of hydrogen-bond acceptors (Lipinski definition) is 12. The number of nitrogens with zero attached hydrogens (tertiary/aromatic N) is 7. The number of piperazine rings is 1. The van der Waals surface area contributed by atoms with Crippen LogP contribution in [0.15, 0.2) is 28.8 Å². The third-order valence-electron chi connectivity index (χ3n) is 6.96. The number of nitriles is 1. The lowest BCUT2D eigenvalue weighted by molar-refractivity contribution is -0.145. The average Bonchev–Trinajstić information content (AvgIpc) is 3.76. The number of carbonyl (C=O) groups is 4. The molecule has 2 fully saturated rings. The molecule has 0 unspecified atom stereocenters. The highest BCUT2D eigenvalue weighted by Crippen LogP contribution is 2.38. The molecule has 0 atom stereocenters. The van der Waals surface area contributed by atoms with E-state index in [1.54, 1.807) is 24.3 Å². The summed E-state index contributed by atoms with van der Waals surface area (Å²) in [6.07, 6.45) is 1.25. The van der Waals surface area contributed by atoms with Gasteiger partial charge in [-0.1, -0.05) is 16.5 Å². The highest BCUT2D eigenvalue weighted by atomic mass is 16.5. The first-order valence-corrected chi connectivity index (χ1v) is 14.0. The zero-order valence-electron chi connectivity index (χ0n) is 24.6. The van der Waals surface area contributed by atoms with Crippen molar-refractivity contribution < 1.29 is 28.4 Å².